The fourth-order valence-electron chi connectivity index (χ4n) is 3.58. The zero-order valence-corrected chi connectivity index (χ0v) is 13.2. The van der Waals surface area contributed by atoms with Crippen LogP contribution in [0.3, 0.4) is 0 Å². The molecule has 122 valence electrons. The van der Waals surface area contributed by atoms with Crippen molar-refractivity contribution in [2.75, 3.05) is 26.4 Å². The lowest BCUT2D eigenvalue weighted by Gasteiger charge is -2.36. The minimum atomic E-state index is 0.00506. The van der Waals surface area contributed by atoms with Crippen LogP contribution < -0.4 is 5.32 Å². The van der Waals surface area contributed by atoms with Gasteiger partial charge in [-0.1, -0.05) is 6.92 Å². The highest BCUT2D eigenvalue weighted by Gasteiger charge is 2.39. The molecule has 2 aliphatic rings. The highest BCUT2D eigenvalue weighted by molar-refractivity contribution is 5.97. The van der Waals surface area contributed by atoms with Gasteiger partial charge in [0.05, 0.1) is 17.0 Å². The van der Waals surface area contributed by atoms with Gasteiger partial charge in [0, 0.05) is 32.9 Å². The van der Waals surface area contributed by atoms with E-state index >= 15 is 0 Å². The van der Waals surface area contributed by atoms with Crippen LogP contribution in [0, 0.1) is 5.41 Å². The van der Waals surface area contributed by atoms with Crippen molar-refractivity contribution in [3.05, 3.63) is 17.0 Å². The summed E-state index contributed by atoms with van der Waals surface area (Å²) in [5.41, 5.74) is 2.77. The predicted octanol–water partition coefficient (Wildman–Crippen LogP) is 0.911. The molecule has 0 unspecified atom stereocenters. The third kappa shape index (κ3) is 2.77. The molecular weight excluding hydrogens is 282 g/mol. The molecule has 22 heavy (non-hydrogen) atoms. The molecule has 6 heteroatoms. The lowest BCUT2D eigenvalue weighted by Crippen LogP contribution is -2.40. The summed E-state index contributed by atoms with van der Waals surface area (Å²) < 4.78 is 7.46. The number of hydrogen-bond donors (Lipinski definition) is 2. The standard InChI is InChI=1S/C16H25N3O3/c1-2-12-14-13(19(18-12)6-3-7-20)10-16(11-17-15(14)21)4-8-22-9-5-16/h20H,2-11H2,1H3,(H,17,21). The first-order chi connectivity index (χ1) is 10.7. The number of aliphatic hydroxyl groups is 1. The Labute approximate surface area is 130 Å². The Kier molecular flexibility index (Phi) is 4.49. The average molecular weight is 307 g/mol. The Balaban J connectivity index is 1.99. The Hall–Kier alpha value is -1.40. The topological polar surface area (TPSA) is 76.4 Å². The maximum Gasteiger partial charge on any atom is 0.255 e. The van der Waals surface area contributed by atoms with Crippen LogP contribution in [-0.4, -0.2) is 47.2 Å². The molecule has 1 saturated heterocycles. The fraction of sp³-hybridized carbons (Fsp3) is 0.750. The third-order valence-corrected chi connectivity index (χ3v) is 4.94. The molecule has 6 nitrogen and oxygen atoms in total. The molecule has 1 fully saturated rings. The molecule has 3 rings (SSSR count). The number of fused-ring (bicyclic) bond motifs is 1. The summed E-state index contributed by atoms with van der Waals surface area (Å²) in [6, 6.07) is 0. The minimum absolute atomic E-state index is 0.00506. The summed E-state index contributed by atoms with van der Waals surface area (Å²) in [6.07, 6.45) is 4.22. The van der Waals surface area contributed by atoms with E-state index in [4.69, 9.17) is 9.84 Å². The van der Waals surface area contributed by atoms with Crippen LogP contribution >= 0.6 is 0 Å². The highest BCUT2D eigenvalue weighted by atomic mass is 16.5. The first kappa shape index (κ1) is 15.5. The van der Waals surface area contributed by atoms with E-state index in [1.54, 1.807) is 0 Å². The van der Waals surface area contributed by atoms with E-state index in [1.165, 1.54) is 0 Å². The molecule has 2 N–H and O–H groups in total. The number of carbonyl (C=O) groups excluding carboxylic acids is 1. The SMILES string of the molecule is CCc1nn(CCCO)c2c1C(=O)NCC1(CCOCC1)C2. The van der Waals surface area contributed by atoms with Gasteiger partial charge in [0.1, 0.15) is 0 Å². The first-order valence-electron chi connectivity index (χ1n) is 8.24. The summed E-state index contributed by atoms with van der Waals surface area (Å²) >= 11 is 0. The molecule has 1 spiro atoms. The third-order valence-electron chi connectivity index (χ3n) is 4.94. The highest BCUT2D eigenvalue weighted by Crippen LogP contribution is 2.37. The molecule has 0 aliphatic carbocycles. The van der Waals surface area contributed by atoms with Crippen LogP contribution in [0.1, 0.15) is 47.9 Å². The van der Waals surface area contributed by atoms with Crippen LogP contribution in [0.25, 0.3) is 0 Å². The molecule has 1 amide bonds. The lowest BCUT2D eigenvalue weighted by atomic mass is 9.76. The van der Waals surface area contributed by atoms with E-state index in [0.29, 0.717) is 19.5 Å². The molecule has 0 radical (unpaired) electrons. The van der Waals surface area contributed by atoms with E-state index in [-0.39, 0.29) is 17.9 Å². The number of aromatic nitrogens is 2. The van der Waals surface area contributed by atoms with E-state index < -0.39 is 0 Å². The average Bonchev–Trinajstić information content (AvgIpc) is 2.82. The van der Waals surface area contributed by atoms with E-state index in [2.05, 4.69) is 10.4 Å². The van der Waals surface area contributed by atoms with Crippen molar-refractivity contribution in [2.45, 2.75) is 45.6 Å². The molecule has 0 saturated carbocycles. The number of aliphatic hydroxyl groups excluding tert-OH is 1. The second kappa shape index (κ2) is 6.38. The maximum atomic E-state index is 12.6. The van der Waals surface area contributed by atoms with E-state index in [1.807, 2.05) is 11.6 Å². The molecular formula is C16H25N3O3. The summed E-state index contributed by atoms with van der Waals surface area (Å²) in [6.45, 7) is 5.07. The van der Waals surface area contributed by atoms with E-state index in [9.17, 15) is 4.79 Å². The zero-order valence-electron chi connectivity index (χ0n) is 13.2. The number of carbonyl (C=O) groups is 1. The van der Waals surface area contributed by atoms with Crippen molar-refractivity contribution in [3.8, 4) is 0 Å². The van der Waals surface area contributed by atoms with Gasteiger partial charge in [0.2, 0.25) is 0 Å². The fourth-order valence-corrected chi connectivity index (χ4v) is 3.58. The van der Waals surface area contributed by atoms with Gasteiger partial charge in [0.15, 0.2) is 0 Å². The predicted molar refractivity (Wildman–Crippen MR) is 81.8 cm³/mol. The largest absolute Gasteiger partial charge is 0.396 e. The number of hydrogen-bond acceptors (Lipinski definition) is 4. The van der Waals surface area contributed by atoms with Crippen LogP contribution in [0.15, 0.2) is 0 Å². The second-order valence-corrected chi connectivity index (χ2v) is 6.39. The van der Waals surface area contributed by atoms with Gasteiger partial charge in [-0.3, -0.25) is 9.48 Å². The number of amides is 1. The molecule has 0 aromatic carbocycles. The van der Waals surface area contributed by atoms with Crippen LogP contribution in [0.4, 0.5) is 0 Å². The number of ether oxygens (including phenoxy) is 1. The van der Waals surface area contributed by atoms with Gasteiger partial charge in [-0.15, -0.1) is 0 Å². The van der Waals surface area contributed by atoms with Crippen molar-refractivity contribution >= 4 is 5.91 Å². The van der Waals surface area contributed by atoms with Crippen molar-refractivity contribution in [2.24, 2.45) is 5.41 Å². The van der Waals surface area contributed by atoms with Crippen LogP contribution in [-0.2, 0) is 24.1 Å². The Bertz CT molecular complexity index is 547. The smallest absolute Gasteiger partial charge is 0.255 e. The van der Waals surface area contributed by atoms with Crippen LogP contribution in [0.5, 0.6) is 0 Å². The number of rotatable bonds is 4. The molecule has 1 aromatic heterocycles. The molecule has 0 bridgehead atoms. The molecule has 3 heterocycles. The maximum absolute atomic E-state index is 12.6. The van der Waals surface area contributed by atoms with Crippen LogP contribution in [0.2, 0.25) is 0 Å². The molecule has 1 aromatic rings. The number of aryl methyl sites for hydroxylation is 2. The minimum Gasteiger partial charge on any atom is -0.396 e. The Morgan fingerprint density at radius 2 is 2.18 bits per heavy atom. The van der Waals surface area contributed by atoms with Gasteiger partial charge in [0.25, 0.3) is 5.91 Å². The first-order valence-corrected chi connectivity index (χ1v) is 8.24. The number of nitrogens with zero attached hydrogens (tertiary/aromatic N) is 2. The van der Waals surface area contributed by atoms with Gasteiger partial charge >= 0.3 is 0 Å². The van der Waals surface area contributed by atoms with Gasteiger partial charge in [-0.2, -0.15) is 5.10 Å². The Morgan fingerprint density at radius 1 is 1.41 bits per heavy atom. The number of nitrogens with one attached hydrogen (secondary N) is 1. The normalized spacial score (nSPS) is 20.5. The summed E-state index contributed by atoms with van der Waals surface area (Å²) in [7, 11) is 0. The van der Waals surface area contributed by atoms with Crippen molar-refractivity contribution in [1.82, 2.24) is 15.1 Å². The molecule has 2 aliphatic heterocycles. The quantitative estimate of drug-likeness (QED) is 0.867. The monoisotopic (exact) mass is 307 g/mol. The summed E-state index contributed by atoms with van der Waals surface area (Å²) in [4.78, 5) is 12.6. The summed E-state index contributed by atoms with van der Waals surface area (Å²) in [5, 5.41) is 16.8. The second-order valence-electron chi connectivity index (χ2n) is 6.39. The Morgan fingerprint density at radius 3 is 2.86 bits per heavy atom. The lowest BCUT2D eigenvalue weighted by molar-refractivity contribution is 0.0152. The summed E-state index contributed by atoms with van der Waals surface area (Å²) in [5.74, 6) is 0.00506. The molecule has 0 atom stereocenters. The zero-order chi connectivity index (χ0) is 15.6. The van der Waals surface area contributed by atoms with Crippen molar-refractivity contribution in [1.29, 1.82) is 0 Å². The van der Waals surface area contributed by atoms with Crippen molar-refractivity contribution < 1.29 is 14.6 Å². The van der Waals surface area contributed by atoms with Gasteiger partial charge in [-0.05, 0) is 37.5 Å². The van der Waals surface area contributed by atoms with Gasteiger partial charge < -0.3 is 15.2 Å². The van der Waals surface area contributed by atoms with Gasteiger partial charge in [-0.25, -0.2) is 0 Å². The van der Waals surface area contributed by atoms with Crippen molar-refractivity contribution in [3.63, 3.8) is 0 Å². The van der Waals surface area contributed by atoms with E-state index in [0.717, 1.165) is 55.8 Å².